The molecule has 24 heavy (non-hydrogen) atoms. The van der Waals surface area contributed by atoms with Crippen molar-refractivity contribution in [3.8, 4) is 23.8 Å². The summed E-state index contributed by atoms with van der Waals surface area (Å²) in [4.78, 5) is 0. The summed E-state index contributed by atoms with van der Waals surface area (Å²) < 4.78 is 10.5. The van der Waals surface area contributed by atoms with Gasteiger partial charge in [-0.15, -0.1) is 6.42 Å². The van der Waals surface area contributed by atoms with E-state index in [4.69, 9.17) is 15.9 Å². The summed E-state index contributed by atoms with van der Waals surface area (Å²) in [7, 11) is 1.62. The molecule has 2 aromatic rings. The first-order valence-corrected chi connectivity index (χ1v) is 7.85. The zero-order chi connectivity index (χ0) is 17.4. The van der Waals surface area contributed by atoms with Crippen LogP contribution in [-0.4, -0.2) is 25.4 Å². The molecule has 2 N–H and O–H groups in total. The maximum Gasteiger partial charge on any atom is 0.148 e. The van der Waals surface area contributed by atoms with Crippen LogP contribution < -0.4 is 14.8 Å². The van der Waals surface area contributed by atoms with Crippen molar-refractivity contribution in [3.63, 3.8) is 0 Å². The molecule has 0 saturated heterocycles. The predicted molar refractivity (Wildman–Crippen MR) is 95.1 cm³/mol. The Morgan fingerprint density at radius 1 is 1.04 bits per heavy atom. The van der Waals surface area contributed by atoms with Crippen LogP contribution in [0, 0.1) is 12.3 Å². The lowest BCUT2D eigenvalue weighted by Crippen LogP contribution is -2.24. The van der Waals surface area contributed by atoms with E-state index in [-0.39, 0.29) is 12.6 Å². The first-order valence-electron chi connectivity index (χ1n) is 7.85. The van der Waals surface area contributed by atoms with E-state index in [1.54, 1.807) is 7.11 Å². The molecule has 0 aliphatic heterocycles. The highest BCUT2D eigenvalue weighted by Gasteiger charge is 2.11. The SMILES string of the molecule is C#CCOc1ccc(C(C)NCC(O)c2ccc(OC)cc2)cc1. The highest BCUT2D eigenvalue weighted by Crippen LogP contribution is 2.20. The zero-order valence-electron chi connectivity index (χ0n) is 14.0. The third-order valence-corrected chi connectivity index (χ3v) is 3.82. The van der Waals surface area contributed by atoms with Crippen molar-refractivity contribution < 1.29 is 14.6 Å². The second-order valence-electron chi connectivity index (χ2n) is 5.48. The van der Waals surface area contributed by atoms with Crippen molar-refractivity contribution in [2.75, 3.05) is 20.3 Å². The third kappa shape index (κ3) is 5.02. The summed E-state index contributed by atoms with van der Waals surface area (Å²) in [6, 6.07) is 15.3. The maximum atomic E-state index is 10.3. The van der Waals surface area contributed by atoms with E-state index in [1.165, 1.54) is 0 Å². The second-order valence-corrected chi connectivity index (χ2v) is 5.48. The number of methoxy groups -OCH3 is 1. The van der Waals surface area contributed by atoms with Gasteiger partial charge in [0.1, 0.15) is 18.1 Å². The summed E-state index contributed by atoms with van der Waals surface area (Å²) in [5, 5.41) is 13.6. The predicted octanol–water partition coefficient (Wildman–Crippen LogP) is 3.09. The molecule has 0 aromatic heterocycles. The van der Waals surface area contributed by atoms with Crippen LogP contribution in [0.4, 0.5) is 0 Å². The number of hydrogen-bond donors (Lipinski definition) is 2. The molecule has 0 fully saturated rings. The fourth-order valence-corrected chi connectivity index (χ4v) is 2.33. The average Bonchev–Trinajstić information content (AvgIpc) is 2.64. The Hall–Kier alpha value is -2.48. The Morgan fingerprint density at radius 2 is 1.62 bits per heavy atom. The van der Waals surface area contributed by atoms with Crippen LogP contribution in [0.3, 0.4) is 0 Å². The number of hydrogen-bond acceptors (Lipinski definition) is 4. The molecule has 0 amide bonds. The lowest BCUT2D eigenvalue weighted by molar-refractivity contribution is 0.170. The highest BCUT2D eigenvalue weighted by molar-refractivity contribution is 5.30. The summed E-state index contributed by atoms with van der Waals surface area (Å²) in [5.41, 5.74) is 1.97. The van der Waals surface area contributed by atoms with Crippen LogP contribution in [0.1, 0.15) is 30.2 Å². The minimum absolute atomic E-state index is 0.111. The Labute approximate surface area is 143 Å². The normalized spacial score (nSPS) is 12.9. The summed E-state index contributed by atoms with van der Waals surface area (Å²) >= 11 is 0. The molecule has 2 atom stereocenters. The first-order chi connectivity index (χ1) is 11.6. The van der Waals surface area contributed by atoms with E-state index in [2.05, 4.69) is 18.2 Å². The quantitative estimate of drug-likeness (QED) is 0.732. The van der Waals surface area contributed by atoms with Gasteiger partial charge in [0.15, 0.2) is 0 Å². The molecule has 4 nitrogen and oxygen atoms in total. The van der Waals surface area contributed by atoms with Crippen molar-refractivity contribution in [1.29, 1.82) is 0 Å². The van der Waals surface area contributed by atoms with Crippen LogP contribution in [0.15, 0.2) is 48.5 Å². The number of ether oxygens (including phenoxy) is 2. The minimum atomic E-state index is -0.573. The van der Waals surface area contributed by atoms with E-state index in [0.717, 1.165) is 22.6 Å². The molecule has 2 aromatic carbocycles. The van der Waals surface area contributed by atoms with Crippen LogP contribution in [0.25, 0.3) is 0 Å². The molecule has 126 valence electrons. The van der Waals surface area contributed by atoms with Gasteiger partial charge in [0.25, 0.3) is 0 Å². The zero-order valence-corrected chi connectivity index (χ0v) is 14.0. The third-order valence-electron chi connectivity index (χ3n) is 3.82. The number of aliphatic hydroxyl groups is 1. The average molecular weight is 325 g/mol. The molecular weight excluding hydrogens is 302 g/mol. The second kappa shape index (κ2) is 8.97. The number of aliphatic hydroxyl groups excluding tert-OH is 1. The fraction of sp³-hybridized carbons (Fsp3) is 0.300. The largest absolute Gasteiger partial charge is 0.497 e. The van der Waals surface area contributed by atoms with E-state index in [9.17, 15) is 5.11 Å². The molecule has 2 unspecified atom stereocenters. The molecular formula is C20H23NO3. The Kier molecular flexibility index (Phi) is 6.68. The van der Waals surface area contributed by atoms with Gasteiger partial charge in [0.2, 0.25) is 0 Å². The lowest BCUT2D eigenvalue weighted by Gasteiger charge is -2.18. The van der Waals surface area contributed by atoms with Gasteiger partial charge in [0, 0.05) is 12.6 Å². The van der Waals surface area contributed by atoms with Crippen LogP contribution in [-0.2, 0) is 0 Å². The van der Waals surface area contributed by atoms with Crippen molar-refractivity contribution in [3.05, 3.63) is 59.7 Å². The number of nitrogens with one attached hydrogen (secondary N) is 1. The Morgan fingerprint density at radius 3 is 2.21 bits per heavy atom. The number of rotatable bonds is 8. The van der Waals surface area contributed by atoms with Crippen molar-refractivity contribution in [2.24, 2.45) is 0 Å². The maximum absolute atomic E-state index is 10.3. The van der Waals surface area contributed by atoms with Gasteiger partial charge in [0.05, 0.1) is 13.2 Å². The minimum Gasteiger partial charge on any atom is -0.497 e. The van der Waals surface area contributed by atoms with Gasteiger partial charge in [-0.3, -0.25) is 0 Å². The van der Waals surface area contributed by atoms with Gasteiger partial charge < -0.3 is 19.9 Å². The molecule has 0 bridgehead atoms. The monoisotopic (exact) mass is 325 g/mol. The molecule has 0 saturated carbocycles. The van der Waals surface area contributed by atoms with Gasteiger partial charge in [-0.05, 0) is 42.3 Å². The molecule has 0 radical (unpaired) electrons. The molecule has 0 aliphatic carbocycles. The van der Waals surface area contributed by atoms with Gasteiger partial charge in [-0.2, -0.15) is 0 Å². The molecule has 0 spiro atoms. The van der Waals surface area contributed by atoms with Crippen LogP contribution in [0.2, 0.25) is 0 Å². The van der Waals surface area contributed by atoms with Gasteiger partial charge in [-0.25, -0.2) is 0 Å². The number of benzene rings is 2. The number of terminal acetylenes is 1. The fourth-order valence-electron chi connectivity index (χ4n) is 2.33. The topological polar surface area (TPSA) is 50.7 Å². The van der Waals surface area contributed by atoms with E-state index in [1.807, 2.05) is 48.5 Å². The molecule has 4 heteroatoms. The van der Waals surface area contributed by atoms with Crippen LogP contribution >= 0.6 is 0 Å². The highest BCUT2D eigenvalue weighted by atomic mass is 16.5. The summed E-state index contributed by atoms with van der Waals surface area (Å²) in [6.07, 6.45) is 4.60. The van der Waals surface area contributed by atoms with Gasteiger partial charge in [-0.1, -0.05) is 30.2 Å². The Balaban J connectivity index is 1.87. The summed E-state index contributed by atoms with van der Waals surface area (Å²) in [5.74, 6) is 3.97. The first kappa shape index (κ1) is 17.9. The molecule has 2 rings (SSSR count). The van der Waals surface area contributed by atoms with E-state index >= 15 is 0 Å². The van der Waals surface area contributed by atoms with E-state index in [0.29, 0.717) is 6.54 Å². The van der Waals surface area contributed by atoms with Crippen LogP contribution in [0.5, 0.6) is 11.5 Å². The van der Waals surface area contributed by atoms with Crippen molar-refractivity contribution in [1.82, 2.24) is 5.32 Å². The van der Waals surface area contributed by atoms with E-state index < -0.39 is 6.10 Å². The van der Waals surface area contributed by atoms with Gasteiger partial charge >= 0.3 is 0 Å². The molecule has 0 aliphatic rings. The van der Waals surface area contributed by atoms with Crippen molar-refractivity contribution in [2.45, 2.75) is 19.1 Å². The standard InChI is InChI=1S/C20H23NO3/c1-4-13-24-19-11-5-16(6-12-19)15(2)21-14-20(22)17-7-9-18(23-3)10-8-17/h1,5-12,15,20-22H,13-14H2,2-3H3. The van der Waals surface area contributed by atoms with Crippen molar-refractivity contribution >= 4 is 0 Å². The Bertz CT molecular complexity index is 659. The lowest BCUT2D eigenvalue weighted by atomic mass is 10.1. The smallest absolute Gasteiger partial charge is 0.148 e. The summed E-state index contributed by atoms with van der Waals surface area (Å²) in [6.45, 7) is 2.78. The molecule has 0 heterocycles.